The van der Waals surface area contributed by atoms with Crippen molar-refractivity contribution in [1.82, 2.24) is 30.2 Å². The van der Waals surface area contributed by atoms with Gasteiger partial charge < -0.3 is 19.8 Å². The predicted molar refractivity (Wildman–Crippen MR) is 289 cm³/mol. The summed E-state index contributed by atoms with van der Waals surface area (Å²) in [5, 5.41) is 45.3. The first-order valence-electron chi connectivity index (χ1n) is 22.0. The number of benzene rings is 3. The lowest BCUT2D eigenvalue weighted by Crippen LogP contribution is -2.41. The minimum Gasteiger partial charge on any atom is -0.442 e. The highest BCUT2D eigenvalue weighted by atomic mass is 79.9. The number of halogens is 1. The quantitative estimate of drug-likeness (QED) is 0.0558. The Hall–Kier alpha value is -7.08. The molecule has 0 amide bonds. The highest BCUT2D eigenvalue weighted by molar-refractivity contribution is 9.10. The summed E-state index contributed by atoms with van der Waals surface area (Å²) in [5.41, 5.74) is 12.6. The number of nitrogens with one attached hydrogen (secondary N) is 2. The Morgan fingerprint density at radius 2 is 1.18 bits per heavy atom. The van der Waals surface area contributed by atoms with Crippen molar-refractivity contribution < 1.29 is 28.7 Å². The van der Waals surface area contributed by atoms with Crippen LogP contribution in [0, 0.1) is 20.2 Å². The molecule has 0 unspecified atom stereocenters. The van der Waals surface area contributed by atoms with Crippen LogP contribution < -0.4 is 11.2 Å². The van der Waals surface area contributed by atoms with Crippen molar-refractivity contribution in [3.05, 3.63) is 169 Å². The number of hydrogen-bond donors (Lipinski definition) is 3. The third kappa shape index (κ3) is 13.1. The number of nitrogen functional groups attached to an aromatic ring is 1. The molecule has 22 heteroatoms. The van der Waals surface area contributed by atoms with Gasteiger partial charge in [0.05, 0.1) is 44.6 Å². The first kappa shape index (κ1) is 52.7. The monoisotopic (exact) mass is 1090 g/mol. The van der Waals surface area contributed by atoms with Gasteiger partial charge in [0.1, 0.15) is 5.60 Å². The minimum absolute atomic E-state index is 0.112. The fourth-order valence-electron chi connectivity index (χ4n) is 6.86. The SMILES string of the molecule is CC(C)(C)OC(=O)n1cc(B2OC(C)(C)C(C)(C)O2)cn1.Nc1cc(-c2cn[nH]c2)ccc1-c1cccs1.O=[N+]([O-])c1cc(-c2cn[nH]c2)ccc1-c1cccs1.O=[N+]([O-])c1cc(Br)ccc1-c1cccs1. The molecule has 370 valence electrons. The number of nitrogens with two attached hydrogens (primary N) is 1. The fourth-order valence-corrected chi connectivity index (χ4v) is 9.50. The number of hydrogen-bond acceptors (Lipinski definition) is 15. The Balaban J connectivity index is 0.000000142. The third-order valence-corrected chi connectivity index (χ3v) is 14.3. The largest absolute Gasteiger partial charge is 0.498 e. The van der Waals surface area contributed by atoms with E-state index in [-0.39, 0.29) is 21.2 Å². The van der Waals surface area contributed by atoms with Crippen LogP contribution in [0.4, 0.5) is 21.9 Å². The van der Waals surface area contributed by atoms with Crippen molar-refractivity contribution in [2.75, 3.05) is 5.73 Å². The molecular formula is C50H49BBrN9O8S3. The van der Waals surface area contributed by atoms with E-state index in [2.05, 4.69) is 65.0 Å². The standard InChI is InChI=1S/C14H23BN2O4.C13H9N3O2S.C13H11N3S.C10H6BrNO2S/c1-12(2,3)19-11(18)17-9-10(8-16-17)15-20-13(4,5)14(6,7)21-15;17-16(18)12-6-9(10-7-14-15-8-10)3-4-11(12)13-2-1-5-19-13;14-12-6-9(10-7-15-16-8-10)3-4-11(12)13-2-1-5-17-13;11-7-3-4-8(9(6-7)12(13)14)10-2-1-5-15-10/h8-9H,1-7H3;1-8H,(H,14,15);1-8H,14H2,(H,15,16);1-6H. The highest BCUT2D eigenvalue weighted by Crippen LogP contribution is 2.39. The smallest absolute Gasteiger partial charge is 0.442 e. The molecule has 6 aromatic heterocycles. The van der Waals surface area contributed by atoms with Gasteiger partial charge in [-0.1, -0.05) is 52.3 Å². The van der Waals surface area contributed by atoms with Crippen LogP contribution >= 0.6 is 49.9 Å². The second-order valence-corrected chi connectivity index (χ2v) is 21.7. The summed E-state index contributed by atoms with van der Waals surface area (Å²) in [6, 6.07) is 28.1. The first-order valence-corrected chi connectivity index (χ1v) is 25.5. The molecule has 10 rings (SSSR count). The van der Waals surface area contributed by atoms with Crippen molar-refractivity contribution in [3.8, 4) is 53.6 Å². The molecule has 9 aromatic rings. The Morgan fingerprint density at radius 1 is 0.708 bits per heavy atom. The maximum absolute atomic E-state index is 11.9. The summed E-state index contributed by atoms with van der Waals surface area (Å²) >= 11 is 7.90. The number of H-pyrrole nitrogens is 2. The molecule has 1 aliphatic rings. The van der Waals surface area contributed by atoms with E-state index in [1.807, 2.05) is 114 Å². The van der Waals surface area contributed by atoms with Crippen molar-refractivity contribution >= 4 is 85.7 Å². The molecule has 72 heavy (non-hydrogen) atoms. The van der Waals surface area contributed by atoms with Gasteiger partial charge in [0.25, 0.3) is 11.4 Å². The Morgan fingerprint density at radius 3 is 1.62 bits per heavy atom. The molecule has 7 heterocycles. The van der Waals surface area contributed by atoms with Gasteiger partial charge >= 0.3 is 13.2 Å². The van der Waals surface area contributed by atoms with Crippen LogP contribution in [0.3, 0.4) is 0 Å². The number of rotatable bonds is 8. The number of anilines is 1. The van der Waals surface area contributed by atoms with E-state index in [1.54, 1.807) is 60.5 Å². The number of carbonyl (C=O) groups excluding carboxylic acids is 1. The maximum Gasteiger partial charge on any atom is 0.498 e. The number of nitrogens with zero attached hydrogens (tertiary/aromatic N) is 6. The highest BCUT2D eigenvalue weighted by Gasteiger charge is 2.52. The van der Waals surface area contributed by atoms with E-state index in [0.29, 0.717) is 16.6 Å². The van der Waals surface area contributed by atoms with E-state index in [9.17, 15) is 25.0 Å². The topological polar surface area (TPSA) is 232 Å². The van der Waals surface area contributed by atoms with Crippen LogP contribution in [0.5, 0.6) is 0 Å². The summed E-state index contributed by atoms with van der Waals surface area (Å²) in [4.78, 5) is 36.3. The average molecular weight is 1090 g/mol. The summed E-state index contributed by atoms with van der Waals surface area (Å²) in [7, 11) is -0.536. The second kappa shape index (κ2) is 22.6. The molecule has 0 aliphatic carbocycles. The van der Waals surface area contributed by atoms with Gasteiger partial charge in [-0.15, -0.1) is 34.0 Å². The number of carbonyl (C=O) groups is 1. The first-order chi connectivity index (χ1) is 34.2. The van der Waals surface area contributed by atoms with Crippen molar-refractivity contribution in [2.24, 2.45) is 0 Å². The maximum atomic E-state index is 11.9. The zero-order valence-corrected chi connectivity index (χ0v) is 44.1. The molecule has 1 aliphatic heterocycles. The van der Waals surface area contributed by atoms with Gasteiger partial charge in [0.15, 0.2) is 0 Å². The number of nitro benzene ring substituents is 2. The van der Waals surface area contributed by atoms with Crippen LogP contribution in [0.25, 0.3) is 53.6 Å². The second-order valence-electron chi connectivity index (χ2n) is 17.9. The molecular weight excluding hydrogens is 1040 g/mol. The van der Waals surface area contributed by atoms with Crippen LogP contribution in [0.1, 0.15) is 48.5 Å². The van der Waals surface area contributed by atoms with Gasteiger partial charge in [-0.05, 0) is 118 Å². The zero-order valence-electron chi connectivity index (χ0n) is 40.1. The summed E-state index contributed by atoms with van der Waals surface area (Å²) in [5.74, 6) is 0. The van der Waals surface area contributed by atoms with Crippen molar-refractivity contribution in [1.29, 1.82) is 0 Å². The number of thiophene rings is 3. The average Bonchev–Trinajstić information content (AvgIpc) is 4.19. The third-order valence-electron chi connectivity index (χ3n) is 11.1. The zero-order chi connectivity index (χ0) is 51.8. The van der Waals surface area contributed by atoms with E-state index in [4.69, 9.17) is 19.8 Å². The lowest BCUT2D eigenvalue weighted by molar-refractivity contribution is -0.384. The van der Waals surface area contributed by atoms with Gasteiger partial charge in [-0.3, -0.25) is 30.4 Å². The van der Waals surface area contributed by atoms with E-state index in [1.165, 1.54) is 33.6 Å². The van der Waals surface area contributed by atoms with E-state index in [0.717, 1.165) is 52.4 Å². The lowest BCUT2D eigenvalue weighted by Gasteiger charge is -2.32. The Kier molecular flexibility index (Phi) is 16.5. The minimum atomic E-state index is -0.562. The van der Waals surface area contributed by atoms with Gasteiger partial charge in [0.2, 0.25) is 0 Å². The number of ether oxygens (including phenoxy) is 1. The van der Waals surface area contributed by atoms with E-state index < -0.39 is 30.0 Å². The fraction of sp³-hybridized carbons (Fsp3) is 0.200. The van der Waals surface area contributed by atoms with Crippen LogP contribution in [-0.2, 0) is 14.0 Å². The summed E-state index contributed by atoms with van der Waals surface area (Å²) in [6.07, 6.45) is 9.63. The molecule has 4 N–H and O–H groups in total. The Bertz CT molecular complexity index is 3210. The molecule has 0 saturated carbocycles. The van der Waals surface area contributed by atoms with Gasteiger partial charge in [-0.2, -0.15) is 20.0 Å². The van der Waals surface area contributed by atoms with E-state index >= 15 is 0 Å². The molecule has 1 fully saturated rings. The lowest BCUT2D eigenvalue weighted by atomic mass is 9.82. The number of aromatic nitrogens is 6. The van der Waals surface area contributed by atoms with Gasteiger partial charge in [-0.25, -0.2) is 4.79 Å². The molecule has 0 atom stereocenters. The number of aromatic amines is 2. The molecule has 0 spiro atoms. The van der Waals surface area contributed by atoms with Crippen LogP contribution in [0.15, 0.2) is 149 Å². The van der Waals surface area contributed by atoms with Crippen LogP contribution in [-0.4, -0.2) is 70.0 Å². The molecule has 17 nitrogen and oxygen atoms in total. The molecule has 3 aromatic carbocycles. The Labute approximate surface area is 435 Å². The van der Waals surface area contributed by atoms with Crippen molar-refractivity contribution in [2.45, 2.75) is 65.3 Å². The number of nitro groups is 2. The van der Waals surface area contributed by atoms with Gasteiger partial charge in [0, 0.05) is 83.9 Å². The normalized spacial score (nSPS) is 13.4. The molecule has 0 bridgehead atoms. The molecule has 0 radical (unpaired) electrons. The molecule has 1 saturated heterocycles. The van der Waals surface area contributed by atoms with Crippen LogP contribution in [0.2, 0.25) is 0 Å². The summed E-state index contributed by atoms with van der Waals surface area (Å²) in [6.45, 7) is 13.3. The van der Waals surface area contributed by atoms with Crippen molar-refractivity contribution in [3.63, 3.8) is 0 Å². The summed E-state index contributed by atoms with van der Waals surface area (Å²) < 4.78 is 19.0. The predicted octanol–water partition coefficient (Wildman–Crippen LogP) is 13.2.